The summed E-state index contributed by atoms with van der Waals surface area (Å²) in [6, 6.07) is 9.98. The molecule has 1 saturated heterocycles. The maximum absolute atomic E-state index is 9.61. The molecule has 1 fully saturated rings. The van der Waals surface area contributed by atoms with E-state index in [0.29, 0.717) is 0 Å². The first-order valence-corrected chi connectivity index (χ1v) is 4.84. The molecule has 3 atom stereocenters. The zero-order valence-electron chi connectivity index (χ0n) is 8.13. The van der Waals surface area contributed by atoms with Crippen molar-refractivity contribution < 1.29 is 9.84 Å². The van der Waals surface area contributed by atoms with E-state index in [4.69, 9.17) is 4.74 Å². The average molecular weight is 190 g/mol. The molecule has 1 aliphatic heterocycles. The van der Waals surface area contributed by atoms with E-state index in [1.165, 1.54) is 0 Å². The van der Waals surface area contributed by atoms with E-state index in [1.807, 2.05) is 43.3 Å². The fourth-order valence-corrected chi connectivity index (χ4v) is 1.60. The number of aliphatic hydroxyl groups is 1. The predicted octanol–water partition coefficient (Wildman–Crippen LogP) is 2.06. The topological polar surface area (TPSA) is 32.8 Å². The van der Waals surface area contributed by atoms with Gasteiger partial charge in [-0.25, -0.2) is 0 Å². The van der Waals surface area contributed by atoms with Crippen molar-refractivity contribution in [2.24, 2.45) is 0 Å². The van der Waals surface area contributed by atoms with Gasteiger partial charge in [0.25, 0.3) is 0 Å². The normalized spacial score (nSPS) is 27.9. The molecule has 0 bridgehead atoms. The molecule has 2 heteroatoms. The number of benzene rings is 1. The fraction of sp³-hybridized carbons (Fsp3) is 0.333. The van der Waals surface area contributed by atoms with E-state index >= 15 is 0 Å². The van der Waals surface area contributed by atoms with Crippen LogP contribution in [0.2, 0.25) is 0 Å². The quantitative estimate of drug-likeness (QED) is 0.584. The van der Waals surface area contributed by atoms with Crippen LogP contribution < -0.4 is 0 Å². The Bertz CT molecular complexity index is 318. The minimum atomic E-state index is -0.481. The SMILES string of the molecule is C/C=C/[C@@H](O)[C@H]1O[C@H]1c1ccccc1. The van der Waals surface area contributed by atoms with E-state index in [2.05, 4.69) is 0 Å². The van der Waals surface area contributed by atoms with E-state index in [-0.39, 0.29) is 12.2 Å². The van der Waals surface area contributed by atoms with Gasteiger partial charge in [-0.3, -0.25) is 0 Å². The Morgan fingerprint density at radius 1 is 1.36 bits per heavy atom. The highest BCUT2D eigenvalue weighted by molar-refractivity contribution is 5.23. The zero-order valence-corrected chi connectivity index (χ0v) is 8.13. The van der Waals surface area contributed by atoms with Gasteiger partial charge in [-0.1, -0.05) is 42.5 Å². The zero-order chi connectivity index (χ0) is 9.97. The van der Waals surface area contributed by atoms with Crippen LogP contribution in [0.15, 0.2) is 42.5 Å². The first-order valence-electron chi connectivity index (χ1n) is 4.84. The summed E-state index contributed by atoms with van der Waals surface area (Å²) in [7, 11) is 0. The van der Waals surface area contributed by atoms with Crippen molar-refractivity contribution in [1.82, 2.24) is 0 Å². The molecule has 74 valence electrons. The Kier molecular flexibility index (Phi) is 2.66. The predicted molar refractivity (Wildman–Crippen MR) is 54.9 cm³/mol. The van der Waals surface area contributed by atoms with Gasteiger partial charge in [0, 0.05) is 0 Å². The summed E-state index contributed by atoms with van der Waals surface area (Å²) in [6.45, 7) is 1.89. The van der Waals surface area contributed by atoms with Crippen molar-refractivity contribution in [2.45, 2.75) is 25.2 Å². The van der Waals surface area contributed by atoms with Gasteiger partial charge < -0.3 is 9.84 Å². The molecule has 0 unspecified atom stereocenters. The smallest absolute Gasteiger partial charge is 0.118 e. The molecule has 0 saturated carbocycles. The number of hydrogen-bond donors (Lipinski definition) is 1. The molecule has 0 radical (unpaired) electrons. The first-order chi connectivity index (χ1) is 6.83. The Balaban J connectivity index is 2.00. The third-order valence-corrected chi connectivity index (χ3v) is 2.38. The van der Waals surface area contributed by atoms with Gasteiger partial charge in [-0.15, -0.1) is 0 Å². The molecule has 1 aliphatic rings. The lowest BCUT2D eigenvalue weighted by Gasteiger charge is -1.99. The lowest BCUT2D eigenvalue weighted by molar-refractivity contribution is 0.177. The first kappa shape index (κ1) is 9.44. The molecule has 0 spiro atoms. The largest absolute Gasteiger partial charge is 0.386 e. The van der Waals surface area contributed by atoms with Crippen molar-refractivity contribution in [2.75, 3.05) is 0 Å². The lowest BCUT2D eigenvalue weighted by atomic mass is 10.1. The molecule has 1 aromatic carbocycles. The molecule has 2 rings (SSSR count). The Morgan fingerprint density at radius 3 is 2.71 bits per heavy atom. The van der Waals surface area contributed by atoms with E-state index in [9.17, 15) is 5.11 Å². The van der Waals surface area contributed by atoms with Gasteiger partial charge in [0.1, 0.15) is 18.3 Å². The van der Waals surface area contributed by atoms with Crippen LogP contribution >= 0.6 is 0 Å². The van der Waals surface area contributed by atoms with Gasteiger partial charge in [0.15, 0.2) is 0 Å². The second-order valence-corrected chi connectivity index (χ2v) is 3.45. The van der Waals surface area contributed by atoms with Crippen molar-refractivity contribution in [3.63, 3.8) is 0 Å². The van der Waals surface area contributed by atoms with Crippen LogP contribution in [-0.2, 0) is 4.74 Å². The standard InChI is InChI=1S/C12H14O2/c1-2-6-10(13)12-11(14-12)9-7-4-3-5-8-9/h2-8,10-13H,1H3/b6-2+/t10-,11+,12-/m1/s1. The third-order valence-electron chi connectivity index (χ3n) is 2.38. The Hall–Kier alpha value is -1.12. The molecule has 2 nitrogen and oxygen atoms in total. The second kappa shape index (κ2) is 3.95. The Morgan fingerprint density at radius 2 is 2.07 bits per heavy atom. The summed E-state index contributed by atoms with van der Waals surface area (Å²) >= 11 is 0. The lowest BCUT2D eigenvalue weighted by Crippen LogP contribution is -2.11. The second-order valence-electron chi connectivity index (χ2n) is 3.45. The highest BCUT2D eigenvalue weighted by Gasteiger charge is 2.44. The van der Waals surface area contributed by atoms with Crippen molar-refractivity contribution in [3.8, 4) is 0 Å². The number of hydrogen-bond acceptors (Lipinski definition) is 2. The number of aliphatic hydroxyl groups excluding tert-OH is 1. The highest BCUT2D eigenvalue weighted by Crippen LogP contribution is 2.40. The summed E-state index contributed by atoms with van der Waals surface area (Å²) in [4.78, 5) is 0. The minimum Gasteiger partial charge on any atom is -0.386 e. The highest BCUT2D eigenvalue weighted by atomic mass is 16.6. The molecule has 0 aliphatic carbocycles. The van der Waals surface area contributed by atoms with E-state index < -0.39 is 6.10 Å². The van der Waals surface area contributed by atoms with Crippen LogP contribution in [0.5, 0.6) is 0 Å². The summed E-state index contributed by atoms with van der Waals surface area (Å²) < 4.78 is 5.42. The minimum absolute atomic E-state index is 0.0615. The van der Waals surface area contributed by atoms with Crippen LogP contribution in [-0.4, -0.2) is 17.3 Å². The van der Waals surface area contributed by atoms with Gasteiger partial charge in [0.05, 0.1) is 0 Å². The van der Waals surface area contributed by atoms with Gasteiger partial charge in [-0.05, 0) is 12.5 Å². The summed E-state index contributed by atoms with van der Waals surface area (Å²) in [6.07, 6.45) is 3.13. The van der Waals surface area contributed by atoms with Crippen LogP contribution in [0.3, 0.4) is 0 Å². The number of ether oxygens (including phenoxy) is 1. The fourth-order valence-electron chi connectivity index (χ4n) is 1.60. The molecule has 1 heterocycles. The average Bonchev–Trinajstić information content (AvgIpc) is 2.99. The Labute approximate surface area is 83.8 Å². The van der Waals surface area contributed by atoms with E-state index in [1.54, 1.807) is 6.08 Å². The number of epoxide rings is 1. The summed E-state index contributed by atoms with van der Waals surface area (Å²) in [5.41, 5.74) is 1.14. The molecule has 14 heavy (non-hydrogen) atoms. The number of allylic oxidation sites excluding steroid dienone is 1. The van der Waals surface area contributed by atoms with Gasteiger partial charge >= 0.3 is 0 Å². The van der Waals surface area contributed by atoms with Crippen molar-refractivity contribution in [3.05, 3.63) is 48.0 Å². The van der Waals surface area contributed by atoms with Crippen LogP contribution in [0, 0.1) is 0 Å². The summed E-state index contributed by atoms with van der Waals surface area (Å²) in [5, 5.41) is 9.61. The summed E-state index contributed by atoms with van der Waals surface area (Å²) in [5.74, 6) is 0. The number of rotatable bonds is 3. The van der Waals surface area contributed by atoms with Gasteiger partial charge in [0.2, 0.25) is 0 Å². The van der Waals surface area contributed by atoms with Gasteiger partial charge in [-0.2, -0.15) is 0 Å². The van der Waals surface area contributed by atoms with Crippen LogP contribution in [0.4, 0.5) is 0 Å². The van der Waals surface area contributed by atoms with Crippen LogP contribution in [0.1, 0.15) is 18.6 Å². The van der Waals surface area contributed by atoms with Crippen molar-refractivity contribution in [1.29, 1.82) is 0 Å². The maximum atomic E-state index is 9.61. The van der Waals surface area contributed by atoms with Crippen molar-refractivity contribution >= 4 is 0 Å². The molecule has 1 N–H and O–H groups in total. The molecular formula is C12H14O2. The monoisotopic (exact) mass is 190 g/mol. The molecule has 0 amide bonds. The van der Waals surface area contributed by atoms with E-state index in [0.717, 1.165) is 5.56 Å². The van der Waals surface area contributed by atoms with Crippen LogP contribution in [0.25, 0.3) is 0 Å². The molecular weight excluding hydrogens is 176 g/mol. The third kappa shape index (κ3) is 1.86. The molecule has 1 aromatic rings. The maximum Gasteiger partial charge on any atom is 0.118 e. The molecule has 0 aromatic heterocycles.